The molecular weight excluding hydrogens is 347 g/mol. The predicted octanol–water partition coefficient (Wildman–Crippen LogP) is 1.18. The second-order valence-corrected chi connectivity index (χ2v) is 5.36. The molecule has 18 heavy (non-hydrogen) atoms. The summed E-state index contributed by atoms with van der Waals surface area (Å²) in [7, 11) is 0. The molecule has 6 nitrogen and oxygen atoms in total. The predicted molar refractivity (Wildman–Crippen MR) is 82.0 cm³/mol. The lowest BCUT2D eigenvalue weighted by molar-refractivity contribution is 0.0500. The molecule has 0 saturated heterocycles. The Morgan fingerprint density at radius 2 is 2.00 bits per heavy atom. The maximum absolute atomic E-state index is 11.6. The highest BCUT2D eigenvalue weighted by molar-refractivity contribution is 14.0. The third kappa shape index (κ3) is 7.57. The van der Waals surface area contributed by atoms with E-state index in [9.17, 15) is 4.79 Å². The summed E-state index contributed by atoms with van der Waals surface area (Å²) in [6, 6.07) is -0.0352. The quantitative estimate of drug-likeness (QED) is 0.393. The Morgan fingerprint density at radius 3 is 2.39 bits per heavy atom. The lowest BCUT2D eigenvalue weighted by atomic mass is 10.2. The standard InChI is InChI=1S/C11H22N4O2.HI/c1-11(2,3)17-10(16)15-8(7-4-5-7)6-14-9(12)13;/h7-8H,4-6H2,1-3H3,(H,15,16)(H4,12,13,14);1H. The highest BCUT2D eigenvalue weighted by Gasteiger charge is 2.33. The molecule has 1 aliphatic rings. The van der Waals surface area contributed by atoms with Crippen LogP contribution in [0.4, 0.5) is 4.79 Å². The summed E-state index contributed by atoms with van der Waals surface area (Å²) in [5.41, 5.74) is 10.1. The van der Waals surface area contributed by atoms with Gasteiger partial charge in [0.05, 0.1) is 12.6 Å². The van der Waals surface area contributed by atoms with Gasteiger partial charge in [-0.15, -0.1) is 24.0 Å². The number of hydrogen-bond donors (Lipinski definition) is 3. The third-order valence-electron chi connectivity index (χ3n) is 2.36. The van der Waals surface area contributed by atoms with Crippen molar-refractivity contribution in [3.05, 3.63) is 0 Å². The smallest absolute Gasteiger partial charge is 0.407 e. The molecule has 106 valence electrons. The van der Waals surface area contributed by atoms with Gasteiger partial charge in [0.15, 0.2) is 5.96 Å². The minimum absolute atomic E-state index is 0. The Bertz CT molecular complexity index is 307. The normalized spacial score (nSPS) is 16.2. The average molecular weight is 370 g/mol. The van der Waals surface area contributed by atoms with Crippen molar-refractivity contribution in [2.45, 2.75) is 45.3 Å². The van der Waals surface area contributed by atoms with E-state index >= 15 is 0 Å². The summed E-state index contributed by atoms with van der Waals surface area (Å²) in [5, 5.41) is 2.81. The Labute approximate surface area is 125 Å². The SMILES string of the molecule is CC(C)(C)OC(=O)NC(CN=C(N)N)C1CC1.I. The van der Waals surface area contributed by atoms with E-state index in [1.54, 1.807) is 0 Å². The van der Waals surface area contributed by atoms with Crippen molar-refractivity contribution in [3.63, 3.8) is 0 Å². The zero-order valence-corrected chi connectivity index (χ0v) is 13.4. The molecule has 5 N–H and O–H groups in total. The molecule has 1 amide bonds. The first-order valence-electron chi connectivity index (χ1n) is 5.83. The second-order valence-electron chi connectivity index (χ2n) is 5.36. The van der Waals surface area contributed by atoms with Gasteiger partial charge in [-0.3, -0.25) is 4.99 Å². The summed E-state index contributed by atoms with van der Waals surface area (Å²) >= 11 is 0. The number of nitrogens with one attached hydrogen (secondary N) is 1. The third-order valence-corrected chi connectivity index (χ3v) is 2.36. The monoisotopic (exact) mass is 370 g/mol. The largest absolute Gasteiger partial charge is 0.444 e. The van der Waals surface area contributed by atoms with Crippen molar-refractivity contribution in [2.75, 3.05) is 6.54 Å². The number of carbonyl (C=O) groups excluding carboxylic acids is 1. The van der Waals surface area contributed by atoms with Crippen LogP contribution >= 0.6 is 24.0 Å². The van der Waals surface area contributed by atoms with E-state index in [2.05, 4.69) is 10.3 Å². The lowest BCUT2D eigenvalue weighted by Crippen LogP contribution is -2.42. The van der Waals surface area contributed by atoms with E-state index in [1.165, 1.54) is 0 Å². The summed E-state index contributed by atoms with van der Waals surface area (Å²) in [6.07, 6.45) is 1.78. The minimum atomic E-state index is -0.492. The molecule has 0 aromatic heterocycles. The van der Waals surface area contributed by atoms with E-state index in [-0.39, 0.29) is 36.0 Å². The van der Waals surface area contributed by atoms with Crippen LogP contribution in [-0.4, -0.2) is 30.2 Å². The first-order valence-corrected chi connectivity index (χ1v) is 5.83. The molecule has 1 rings (SSSR count). The van der Waals surface area contributed by atoms with Crippen LogP contribution in [0.5, 0.6) is 0 Å². The molecule has 1 aliphatic carbocycles. The maximum atomic E-state index is 11.6. The highest BCUT2D eigenvalue weighted by Crippen LogP contribution is 2.32. The summed E-state index contributed by atoms with van der Waals surface area (Å²) in [4.78, 5) is 15.5. The zero-order chi connectivity index (χ0) is 13.1. The van der Waals surface area contributed by atoms with Gasteiger partial charge >= 0.3 is 6.09 Å². The molecule has 0 spiro atoms. The number of halogens is 1. The topological polar surface area (TPSA) is 103 Å². The van der Waals surface area contributed by atoms with E-state index in [0.29, 0.717) is 12.5 Å². The minimum Gasteiger partial charge on any atom is -0.444 e. The molecule has 0 aromatic rings. The first kappa shape index (κ1) is 17.3. The number of aliphatic imine (C=N–C) groups is 1. The maximum Gasteiger partial charge on any atom is 0.407 e. The number of guanidine groups is 1. The average Bonchev–Trinajstić information content (AvgIpc) is 2.91. The Balaban J connectivity index is 0.00000289. The van der Waals surface area contributed by atoms with Crippen LogP contribution in [-0.2, 0) is 4.74 Å². The van der Waals surface area contributed by atoms with Crippen molar-refractivity contribution < 1.29 is 9.53 Å². The molecule has 0 heterocycles. The lowest BCUT2D eigenvalue weighted by Gasteiger charge is -2.22. The highest BCUT2D eigenvalue weighted by atomic mass is 127. The van der Waals surface area contributed by atoms with Gasteiger partial charge in [0.25, 0.3) is 0 Å². The van der Waals surface area contributed by atoms with Gasteiger partial charge in [-0.1, -0.05) is 0 Å². The number of nitrogens with two attached hydrogens (primary N) is 2. The molecule has 0 aromatic carbocycles. The molecule has 1 atom stereocenters. The van der Waals surface area contributed by atoms with Gasteiger partial charge in [-0.25, -0.2) is 4.79 Å². The summed E-state index contributed by atoms with van der Waals surface area (Å²) in [6.45, 7) is 5.89. The Kier molecular flexibility index (Phi) is 6.72. The van der Waals surface area contributed by atoms with Crippen LogP contribution in [0.2, 0.25) is 0 Å². The number of alkyl carbamates (subject to hydrolysis) is 1. The van der Waals surface area contributed by atoms with Crippen LogP contribution in [0.3, 0.4) is 0 Å². The van der Waals surface area contributed by atoms with Crippen molar-refractivity contribution in [3.8, 4) is 0 Å². The van der Waals surface area contributed by atoms with Crippen LogP contribution in [0.25, 0.3) is 0 Å². The number of nitrogens with zero attached hydrogens (tertiary/aromatic N) is 1. The van der Waals surface area contributed by atoms with Gasteiger partial charge in [-0.05, 0) is 39.5 Å². The van der Waals surface area contributed by atoms with Gasteiger partial charge in [0.2, 0.25) is 0 Å². The fraction of sp³-hybridized carbons (Fsp3) is 0.818. The molecule has 1 fully saturated rings. The number of rotatable bonds is 4. The van der Waals surface area contributed by atoms with Gasteiger partial charge in [0.1, 0.15) is 5.60 Å². The number of hydrogen-bond acceptors (Lipinski definition) is 3. The van der Waals surface area contributed by atoms with Crippen molar-refractivity contribution >= 4 is 36.0 Å². The molecule has 0 aliphatic heterocycles. The molecular formula is C11H23IN4O2. The van der Waals surface area contributed by atoms with Crippen molar-refractivity contribution in [1.82, 2.24) is 5.32 Å². The first-order chi connectivity index (χ1) is 7.78. The van der Waals surface area contributed by atoms with Crippen LogP contribution in [0, 0.1) is 5.92 Å². The van der Waals surface area contributed by atoms with E-state index in [4.69, 9.17) is 16.2 Å². The molecule has 1 saturated carbocycles. The van der Waals surface area contributed by atoms with Crippen molar-refractivity contribution in [2.24, 2.45) is 22.4 Å². The van der Waals surface area contributed by atoms with Crippen LogP contribution in [0.1, 0.15) is 33.6 Å². The van der Waals surface area contributed by atoms with Crippen molar-refractivity contribution in [1.29, 1.82) is 0 Å². The number of carbonyl (C=O) groups is 1. The zero-order valence-electron chi connectivity index (χ0n) is 11.1. The molecule has 7 heteroatoms. The van der Waals surface area contributed by atoms with Gasteiger partial charge in [0, 0.05) is 0 Å². The molecule has 1 unspecified atom stereocenters. The summed E-state index contributed by atoms with van der Waals surface area (Å²) in [5.74, 6) is 0.507. The number of ether oxygens (including phenoxy) is 1. The van der Waals surface area contributed by atoms with Gasteiger partial charge in [-0.2, -0.15) is 0 Å². The Hall–Kier alpha value is -0.730. The van der Waals surface area contributed by atoms with Crippen LogP contribution in [0.15, 0.2) is 4.99 Å². The molecule has 0 bridgehead atoms. The summed E-state index contributed by atoms with van der Waals surface area (Å²) < 4.78 is 5.19. The number of amides is 1. The van der Waals surface area contributed by atoms with E-state index < -0.39 is 11.7 Å². The van der Waals surface area contributed by atoms with E-state index in [0.717, 1.165) is 12.8 Å². The van der Waals surface area contributed by atoms with E-state index in [1.807, 2.05) is 20.8 Å². The molecule has 0 radical (unpaired) electrons. The van der Waals surface area contributed by atoms with Crippen LogP contribution < -0.4 is 16.8 Å². The fourth-order valence-corrected chi connectivity index (χ4v) is 1.47. The van der Waals surface area contributed by atoms with Gasteiger partial charge < -0.3 is 21.5 Å². The fourth-order valence-electron chi connectivity index (χ4n) is 1.47. The Morgan fingerprint density at radius 1 is 1.44 bits per heavy atom. The second kappa shape index (κ2) is 7.01.